The molecule has 0 aromatic carbocycles. The molecule has 0 amide bonds. The second-order valence-electron chi connectivity index (χ2n) is 9.01. The molecule has 0 unspecified atom stereocenters. The molecule has 0 aromatic heterocycles. The van der Waals surface area contributed by atoms with Crippen molar-refractivity contribution in [3.8, 4) is 0 Å². The van der Waals surface area contributed by atoms with E-state index in [9.17, 15) is 4.79 Å². The number of hydrogen-bond acceptors (Lipinski definition) is 4. The van der Waals surface area contributed by atoms with E-state index in [1.54, 1.807) is 0 Å². The minimum Gasteiger partial charge on any atom is -0.465 e. The lowest BCUT2D eigenvalue weighted by atomic mass is 9.83. The van der Waals surface area contributed by atoms with Crippen LogP contribution in [0.4, 0.5) is 0 Å². The summed E-state index contributed by atoms with van der Waals surface area (Å²) in [6, 6.07) is 0. The van der Waals surface area contributed by atoms with Crippen molar-refractivity contribution >= 4 is 28.6 Å². The second-order valence-corrected chi connectivity index (χ2v) is 9.73. The number of ether oxygens (including phenoxy) is 3. The first-order valence-corrected chi connectivity index (χ1v) is 11.1. The van der Waals surface area contributed by atoms with Crippen LogP contribution in [-0.4, -0.2) is 30.6 Å². The van der Waals surface area contributed by atoms with Crippen LogP contribution >= 0.6 is 22.6 Å². The van der Waals surface area contributed by atoms with Crippen molar-refractivity contribution in [3.63, 3.8) is 0 Å². The molecule has 0 bridgehead atoms. The summed E-state index contributed by atoms with van der Waals surface area (Å²) >= 11 is 2.24. The topological polar surface area (TPSA) is 44.8 Å². The number of esters is 1. The van der Waals surface area contributed by atoms with Crippen molar-refractivity contribution in [3.05, 3.63) is 21.8 Å². The molecule has 1 fully saturated rings. The Kier molecular flexibility index (Phi) is 9.49. The standard InChI is InChI=1S/C22H37IO4/c1-15(11-9-10-14-25-20(24)21(4,5)6)16(2)19-17(3)18(12-13-23)26-22(7,8)27-19/h11-13,16-19H,9-10,14H2,1-8H3/b13-12-,15-11+/t16-,17-,18-,19+/m1/s1. The molecule has 5 heteroatoms. The highest BCUT2D eigenvalue weighted by Crippen LogP contribution is 2.37. The fourth-order valence-corrected chi connectivity index (χ4v) is 3.58. The van der Waals surface area contributed by atoms with Crippen LogP contribution in [0, 0.1) is 17.3 Å². The molecule has 0 N–H and O–H groups in total. The van der Waals surface area contributed by atoms with Crippen LogP contribution in [0.15, 0.2) is 21.8 Å². The third kappa shape index (κ3) is 7.86. The summed E-state index contributed by atoms with van der Waals surface area (Å²) in [5, 5.41) is 0. The maximum absolute atomic E-state index is 11.8. The van der Waals surface area contributed by atoms with Crippen molar-refractivity contribution in [1.82, 2.24) is 0 Å². The molecule has 0 aromatic rings. The Balaban J connectivity index is 2.61. The van der Waals surface area contributed by atoms with Crippen LogP contribution in [0.25, 0.3) is 0 Å². The van der Waals surface area contributed by atoms with Crippen molar-refractivity contribution < 1.29 is 19.0 Å². The van der Waals surface area contributed by atoms with Gasteiger partial charge in [-0.25, -0.2) is 0 Å². The van der Waals surface area contributed by atoms with Gasteiger partial charge in [-0.2, -0.15) is 0 Å². The molecule has 4 nitrogen and oxygen atoms in total. The predicted molar refractivity (Wildman–Crippen MR) is 119 cm³/mol. The Bertz CT molecular complexity index is 545. The lowest BCUT2D eigenvalue weighted by molar-refractivity contribution is -0.315. The molecule has 1 aliphatic rings. The molecule has 27 heavy (non-hydrogen) atoms. The predicted octanol–water partition coefficient (Wildman–Crippen LogP) is 6.04. The average molecular weight is 492 g/mol. The number of hydrogen-bond donors (Lipinski definition) is 0. The van der Waals surface area contributed by atoms with Crippen LogP contribution in [0.1, 0.15) is 68.2 Å². The number of allylic oxidation sites excluding steroid dienone is 1. The fourth-order valence-electron chi connectivity index (χ4n) is 3.17. The fraction of sp³-hybridized carbons (Fsp3) is 0.773. The smallest absolute Gasteiger partial charge is 0.311 e. The molecule has 0 radical (unpaired) electrons. The summed E-state index contributed by atoms with van der Waals surface area (Å²) in [6.45, 7) is 16.6. The van der Waals surface area contributed by atoms with E-state index in [1.165, 1.54) is 5.57 Å². The maximum atomic E-state index is 11.8. The second kappa shape index (κ2) is 10.4. The number of carbonyl (C=O) groups excluding carboxylic acids is 1. The number of rotatable bonds is 7. The normalized spacial score (nSPS) is 27.6. The molecule has 1 rings (SSSR count). The van der Waals surface area contributed by atoms with Crippen LogP contribution in [0.2, 0.25) is 0 Å². The molecule has 0 saturated carbocycles. The van der Waals surface area contributed by atoms with Gasteiger partial charge in [0.15, 0.2) is 5.79 Å². The van der Waals surface area contributed by atoms with Crippen molar-refractivity contribution in [2.24, 2.45) is 17.3 Å². The average Bonchev–Trinajstić information content (AvgIpc) is 2.55. The molecule has 1 saturated heterocycles. The van der Waals surface area contributed by atoms with E-state index >= 15 is 0 Å². The first kappa shape index (κ1) is 24.6. The molecule has 156 valence electrons. The largest absolute Gasteiger partial charge is 0.465 e. The molecule has 4 atom stereocenters. The SMILES string of the molecule is C/C(=C\CCCOC(=O)C(C)(C)C)[C@@H](C)[C@@H]1OC(C)(C)O[C@H](/C=C\I)[C@H]1C. The molecule has 1 aliphatic heterocycles. The Labute approximate surface area is 179 Å². The van der Waals surface area contributed by atoms with E-state index in [2.05, 4.69) is 55.5 Å². The first-order valence-electron chi connectivity index (χ1n) is 9.85. The third-order valence-electron chi connectivity index (χ3n) is 5.01. The molecule has 0 spiro atoms. The number of unbranched alkanes of at least 4 members (excludes halogenated alkanes) is 1. The van der Waals surface area contributed by atoms with E-state index in [0.29, 0.717) is 12.5 Å². The third-order valence-corrected chi connectivity index (χ3v) is 5.43. The van der Waals surface area contributed by atoms with Crippen LogP contribution in [-0.2, 0) is 19.0 Å². The van der Waals surface area contributed by atoms with Crippen molar-refractivity contribution in [2.75, 3.05) is 6.61 Å². The minimum atomic E-state index is -0.590. The zero-order valence-corrected chi connectivity index (χ0v) is 20.3. The van der Waals surface area contributed by atoms with Gasteiger partial charge in [0, 0.05) is 11.8 Å². The van der Waals surface area contributed by atoms with E-state index in [-0.39, 0.29) is 24.1 Å². The Morgan fingerprint density at radius 2 is 1.93 bits per heavy atom. The van der Waals surface area contributed by atoms with Gasteiger partial charge < -0.3 is 14.2 Å². The minimum absolute atomic E-state index is 0.0581. The van der Waals surface area contributed by atoms with Crippen molar-refractivity contribution in [1.29, 1.82) is 0 Å². The van der Waals surface area contributed by atoms with Crippen molar-refractivity contribution in [2.45, 2.75) is 86.2 Å². The summed E-state index contributed by atoms with van der Waals surface area (Å²) in [5.41, 5.74) is 0.871. The Morgan fingerprint density at radius 1 is 1.30 bits per heavy atom. The van der Waals surface area contributed by atoms with E-state index in [1.807, 2.05) is 38.7 Å². The lowest BCUT2D eigenvalue weighted by Crippen LogP contribution is -2.51. The number of carbonyl (C=O) groups is 1. The molecular formula is C22H37IO4. The summed E-state index contributed by atoms with van der Waals surface area (Å²) in [5.74, 6) is -0.161. The van der Waals surface area contributed by atoms with Crippen LogP contribution in [0.5, 0.6) is 0 Å². The highest BCUT2D eigenvalue weighted by molar-refractivity contribution is 14.1. The zero-order valence-electron chi connectivity index (χ0n) is 18.2. The van der Waals surface area contributed by atoms with E-state index < -0.39 is 11.2 Å². The quantitative estimate of drug-likeness (QED) is 0.188. The molecule has 1 heterocycles. The monoisotopic (exact) mass is 492 g/mol. The Hall–Kier alpha value is -0.400. The van der Waals surface area contributed by atoms with Gasteiger partial charge in [0.2, 0.25) is 0 Å². The van der Waals surface area contributed by atoms with Gasteiger partial charge in [-0.15, -0.1) is 0 Å². The first-order chi connectivity index (χ1) is 12.4. The van der Waals surface area contributed by atoms with Gasteiger partial charge >= 0.3 is 5.97 Å². The molecular weight excluding hydrogens is 455 g/mol. The van der Waals surface area contributed by atoms with Gasteiger partial charge in [0.25, 0.3) is 0 Å². The van der Waals surface area contributed by atoms with Gasteiger partial charge in [-0.3, -0.25) is 4.79 Å². The van der Waals surface area contributed by atoms with Gasteiger partial charge in [0.1, 0.15) is 0 Å². The summed E-state index contributed by atoms with van der Waals surface area (Å²) in [7, 11) is 0. The van der Waals surface area contributed by atoms with E-state index in [0.717, 1.165) is 12.8 Å². The summed E-state index contributed by atoms with van der Waals surface area (Å²) < 4.78 is 19.7. The highest BCUT2D eigenvalue weighted by Gasteiger charge is 2.42. The zero-order chi connectivity index (χ0) is 20.8. The summed E-state index contributed by atoms with van der Waals surface area (Å²) in [6.07, 6.45) is 6.24. The van der Waals surface area contributed by atoms with Crippen LogP contribution < -0.4 is 0 Å². The number of halogens is 1. The van der Waals surface area contributed by atoms with E-state index in [4.69, 9.17) is 14.2 Å². The molecule has 0 aliphatic carbocycles. The van der Waals surface area contributed by atoms with Gasteiger partial charge in [-0.05, 0) is 64.5 Å². The Morgan fingerprint density at radius 3 is 2.48 bits per heavy atom. The highest BCUT2D eigenvalue weighted by atomic mass is 127. The maximum Gasteiger partial charge on any atom is 0.311 e. The van der Waals surface area contributed by atoms with Crippen LogP contribution in [0.3, 0.4) is 0 Å². The summed E-state index contributed by atoms with van der Waals surface area (Å²) in [4.78, 5) is 11.8. The van der Waals surface area contributed by atoms with Gasteiger partial charge in [-0.1, -0.05) is 48.1 Å². The van der Waals surface area contributed by atoms with Gasteiger partial charge in [0.05, 0.1) is 24.2 Å². The lowest BCUT2D eigenvalue weighted by Gasteiger charge is -2.46.